The Morgan fingerprint density at radius 3 is 2.13 bits per heavy atom. The topological polar surface area (TPSA) is 146 Å². The lowest BCUT2D eigenvalue weighted by Crippen LogP contribution is -2.33. The molecule has 3 aliphatic heterocycles. The number of H-pyrrole nitrogens is 1. The smallest absolute Gasteiger partial charge is 0.454 e. The molecule has 38 heavy (non-hydrogen) atoms. The van der Waals surface area contributed by atoms with E-state index >= 15 is 0 Å². The standard InChI is InChI=1S/C24H23N2O11P/c1-14-8-17(35-23(14)26-7-6-22(27)25-24(26)28)11-34-38(29,36-15-2-4-18-20(9-15)32-12-30-18)37-16-3-5-19-21(10-16)33-13-31-19/h2-7,9-10,14,17,23H,8,11-13H2,1H3,(H,25,27,28). The number of aromatic amines is 1. The van der Waals surface area contributed by atoms with Gasteiger partial charge in [0.1, 0.15) is 17.7 Å². The molecule has 6 rings (SSSR count). The molecule has 0 saturated carbocycles. The monoisotopic (exact) mass is 546 g/mol. The molecule has 3 aromatic rings. The number of nitrogens with one attached hydrogen (secondary N) is 1. The highest BCUT2D eigenvalue weighted by Gasteiger charge is 2.38. The number of fused-ring (bicyclic) bond motifs is 2. The number of hydrogen-bond acceptors (Lipinski definition) is 11. The van der Waals surface area contributed by atoms with Crippen molar-refractivity contribution in [3.8, 4) is 34.5 Å². The first-order chi connectivity index (χ1) is 18.3. The molecular formula is C24H23N2O11P. The molecule has 1 N–H and O–H groups in total. The van der Waals surface area contributed by atoms with Gasteiger partial charge < -0.3 is 32.7 Å². The summed E-state index contributed by atoms with van der Waals surface area (Å²) in [6, 6.07) is 10.6. The van der Waals surface area contributed by atoms with Crippen molar-refractivity contribution in [1.82, 2.24) is 9.55 Å². The average Bonchev–Trinajstić information content (AvgIpc) is 3.62. The molecule has 1 fully saturated rings. The van der Waals surface area contributed by atoms with Crippen LogP contribution in [0.3, 0.4) is 0 Å². The number of benzene rings is 2. The average molecular weight is 546 g/mol. The van der Waals surface area contributed by atoms with Crippen molar-refractivity contribution >= 4 is 7.82 Å². The fourth-order valence-corrected chi connectivity index (χ4v) is 5.60. The molecule has 1 aromatic heterocycles. The van der Waals surface area contributed by atoms with Crippen molar-refractivity contribution < 1.29 is 41.8 Å². The summed E-state index contributed by atoms with van der Waals surface area (Å²) in [5, 5.41) is 0. The number of phosphoric ester groups is 1. The van der Waals surface area contributed by atoms with Gasteiger partial charge in [-0.25, -0.2) is 9.36 Å². The zero-order chi connectivity index (χ0) is 26.3. The minimum absolute atomic E-state index is 0.0669. The quantitative estimate of drug-likeness (QED) is 0.416. The Labute approximate surface area is 215 Å². The summed E-state index contributed by atoms with van der Waals surface area (Å²) in [7, 11) is -4.28. The third-order valence-corrected chi connectivity index (χ3v) is 7.45. The highest BCUT2D eigenvalue weighted by Crippen LogP contribution is 2.52. The van der Waals surface area contributed by atoms with Crippen LogP contribution in [-0.2, 0) is 13.8 Å². The maximum atomic E-state index is 13.9. The van der Waals surface area contributed by atoms with Crippen molar-refractivity contribution in [2.24, 2.45) is 5.92 Å². The van der Waals surface area contributed by atoms with E-state index in [-0.39, 0.29) is 37.6 Å². The minimum Gasteiger partial charge on any atom is -0.454 e. The Hall–Kier alpha value is -3.93. The van der Waals surface area contributed by atoms with E-state index in [0.717, 1.165) is 0 Å². The second-order valence-electron chi connectivity index (χ2n) is 8.83. The second-order valence-corrected chi connectivity index (χ2v) is 10.4. The van der Waals surface area contributed by atoms with Crippen LogP contribution in [-0.4, -0.2) is 35.8 Å². The third-order valence-electron chi connectivity index (χ3n) is 6.12. The normalized spacial score (nSPS) is 21.4. The van der Waals surface area contributed by atoms with Crippen LogP contribution >= 0.6 is 7.82 Å². The molecule has 3 unspecified atom stereocenters. The maximum absolute atomic E-state index is 13.9. The molecule has 3 atom stereocenters. The van der Waals surface area contributed by atoms with Gasteiger partial charge in [-0.1, -0.05) is 6.92 Å². The number of phosphoric acid groups is 1. The van der Waals surface area contributed by atoms with Crippen LogP contribution < -0.4 is 39.2 Å². The number of rotatable bonds is 8. The van der Waals surface area contributed by atoms with E-state index < -0.39 is 31.4 Å². The first-order valence-corrected chi connectivity index (χ1v) is 13.2. The molecule has 0 radical (unpaired) electrons. The van der Waals surface area contributed by atoms with E-state index in [1.54, 1.807) is 24.3 Å². The van der Waals surface area contributed by atoms with Gasteiger partial charge in [-0.2, -0.15) is 0 Å². The fourth-order valence-electron chi connectivity index (χ4n) is 4.36. The minimum atomic E-state index is -4.28. The lowest BCUT2D eigenvalue weighted by Gasteiger charge is -2.21. The van der Waals surface area contributed by atoms with Gasteiger partial charge in [0, 0.05) is 30.3 Å². The van der Waals surface area contributed by atoms with E-state index in [4.69, 9.17) is 37.3 Å². The second kappa shape index (κ2) is 9.75. The molecule has 1 saturated heterocycles. The van der Waals surface area contributed by atoms with Gasteiger partial charge in [0.05, 0.1) is 12.7 Å². The molecule has 14 heteroatoms. The highest BCUT2D eigenvalue weighted by atomic mass is 31.2. The summed E-state index contributed by atoms with van der Waals surface area (Å²) in [5.41, 5.74) is -1.09. The molecule has 0 aliphatic carbocycles. The summed E-state index contributed by atoms with van der Waals surface area (Å²) < 4.78 is 59.8. The fraction of sp³-hybridized carbons (Fsp3) is 0.333. The predicted octanol–water partition coefficient (Wildman–Crippen LogP) is 3.20. The Morgan fingerprint density at radius 1 is 0.921 bits per heavy atom. The number of nitrogens with zero attached hydrogens (tertiary/aromatic N) is 1. The summed E-state index contributed by atoms with van der Waals surface area (Å²) in [6.45, 7) is 1.87. The molecule has 2 aromatic carbocycles. The number of hydrogen-bond donors (Lipinski definition) is 1. The van der Waals surface area contributed by atoms with Crippen molar-refractivity contribution in [2.45, 2.75) is 25.7 Å². The maximum Gasteiger partial charge on any atom is 0.587 e. The van der Waals surface area contributed by atoms with Gasteiger partial charge in [-0.05, 0) is 30.7 Å². The van der Waals surface area contributed by atoms with Crippen molar-refractivity contribution in [3.05, 3.63) is 69.5 Å². The molecule has 3 aliphatic rings. The van der Waals surface area contributed by atoms with Gasteiger partial charge in [0.2, 0.25) is 13.6 Å². The first-order valence-electron chi connectivity index (χ1n) is 11.8. The molecule has 0 bridgehead atoms. The van der Waals surface area contributed by atoms with Crippen LogP contribution in [0.25, 0.3) is 0 Å². The lowest BCUT2D eigenvalue weighted by atomic mass is 10.1. The molecule has 0 spiro atoms. The summed E-state index contributed by atoms with van der Waals surface area (Å²) in [5.74, 6) is 2.17. The summed E-state index contributed by atoms with van der Waals surface area (Å²) >= 11 is 0. The van der Waals surface area contributed by atoms with Crippen LogP contribution in [0.4, 0.5) is 0 Å². The van der Waals surface area contributed by atoms with Crippen molar-refractivity contribution in [2.75, 3.05) is 20.2 Å². The summed E-state index contributed by atoms with van der Waals surface area (Å²) in [4.78, 5) is 25.9. The van der Waals surface area contributed by atoms with E-state index in [2.05, 4.69) is 4.98 Å². The first kappa shape index (κ1) is 24.4. The molecule has 200 valence electrons. The van der Waals surface area contributed by atoms with E-state index in [9.17, 15) is 14.2 Å². The Kier molecular flexibility index (Phi) is 6.26. The molecule has 0 amide bonds. The summed E-state index contributed by atoms with van der Waals surface area (Å²) in [6.07, 6.45) is 0.687. The van der Waals surface area contributed by atoms with Gasteiger partial charge >= 0.3 is 13.5 Å². The van der Waals surface area contributed by atoms with E-state index in [1.165, 1.54) is 29.0 Å². The van der Waals surface area contributed by atoms with E-state index in [0.29, 0.717) is 29.4 Å². The number of ether oxygens (including phenoxy) is 5. The molecule has 13 nitrogen and oxygen atoms in total. The van der Waals surface area contributed by atoms with Crippen LogP contribution in [0.1, 0.15) is 19.6 Å². The van der Waals surface area contributed by atoms with Gasteiger partial charge in [0.15, 0.2) is 23.0 Å². The Bertz CT molecular complexity index is 1460. The molecule has 4 heterocycles. The van der Waals surface area contributed by atoms with Crippen molar-refractivity contribution in [3.63, 3.8) is 0 Å². The SMILES string of the molecule is CC1CC(COP(=O)(Oc2ccc3c(c2)OCO3)Oc2ccc3c(c2)OCO3)OC1n1ccc(=O)[nH]c1=O. The van der Waals surface area contributed by atoms with Crippen LogP contribution in [0.2, 0.25) is 0 Å². The highest BCUT2D eigenvalue weighted by molar-refractivity contribution is 7.49. The Morgan fingerprint density at radius 2 is 1.53 bits per heavy atom. The van der Waals surface area contributed by atoms with Gasteiger partial charge in [-0.15, -0.1) is 0 Å². The zero-order valence-electron chi connectivity index (χ0n) is 20.1. The van der Waals surface area contributed by atoms with Gasteiger partial charge in [0.25, 0.3) is 5.56 Å². The largest absolute Gasteiger partial charge is 0.587 e. The van der Waals surface area contributed by atoms with Crippen LogP contribution in [0.15, 0.2) is 58.3 Å². The molecular weight excluding hydrogens is 523 g/mol. The van der Waals surface area contributed by atoms with Gasteiger partial charge in [-0.3, -0.25) is 18.9 Å². The van der Waals surface area contributed by atoms with Crippen LogP contribution in [0, 0.1) is 5.92 Å². The lowest BCUT2D eigenvalue weighted by molar-refractivity contribution is -0.0325. The van der Waals surface area contributed by atoms with Crippen LogP contribution in [0.5, 0.6) is 34.5 Å². The van der Waals surface area contributed by atoms with Crippen molar-refractivity contribution in [1.29, 1.82) is 0 Å². The third kappa shape index (κ3) is 4.95. The zero-order valence-corrected chi connectivity index (χ0v) is 21.0. The predicted molar refractivity (Wildman–Crippen MR) is 129 cm³/mol. The number of aromatic nitrogens is 2. The Balaban J connectivity index is 1.20. The van der Waals surface area contributed by atoms with E-state index in [1.807, 2.05) is 6.92 Å².